The first-order chi connectivity index (χ1) is 11.4. The number of nitrogens with zero attached hydrogens (tertiary/aromatic N) is 1. The molecular formula is C19H25N3OS. The van der Waals surface area contributed by atoms with Crippen molar-refractivity contribution in [3.05, 3.63) is 52.0 Å². The molecule has 1 aliphatic rings. The molecule has 2 aromatic rings. The first-order valence-electron chi connectivity index (χ1n) is 8.41. The number of carbonyl (C=O) groups is 1. The zero-order valence-corrected chi connectivity index (χ0v) is 15.4. The summed E-state index contributed by atoms with van der Waals surface area (Å²) in [6.45, 7) is 7.13. The lowest BCUT2D eigenvalue weighted by atomic mass is 9.96. The molecule has 4 nitrogen and oxygen atoms in total. The van der Waals surface area contributed by atoms with Crippen LogP contribution in [0.2, 0.25) is 0 Å². The number of hydrogen-bond acceptors (Lipinski definition) is 4. The van der Waals surface area contributed by atoms with Crippen molar-refractivity contribution in [1.82, 2.24) is 15.6 Å². The topological polar surface area (TPSA) is 54.0 Å². The molecule has 24 heavy (non-hydrogen) atoms. The second-order valence-corrected chi connectivity index (χ2v) is 8.05. The van der Waals surface area contributed by atoms with Gasteiger partial charge in [0, 0.05) is 23.0 Å². The minimum Gasteiger partial charge on any atom is -0.354 e. The van der Waals surface area contributed by atoms with E-state index in [9.17, 15) is 4.79 Å². The second kappa shape index (κ2) is 6.65. The Labute approximate surface area is 147 Å². The molecule has 0 spiro atoms. The smallest absolute Gasteiger partial charge is 0.234 e. The predicted molar refractivity (Wildman–Crippen MR) is 98.2 cm³/mol. The van der Waals surface area contributed by atoms with Gasteiger partial charge in [-0.1, -0.05) is 30.3 Å². The van der Waals surface area contributed by atoms with Gasteiger partial charge in [0.2, 0.25) is 5.91 Å². The maximum Gasteiger partial charge on any atom is 0.234 e. The lowest BCUT2D eigenvalue weighted by Gasteiger charge is -2.24. The third-order valence-electron chi connectivity index (χ3n) is 4.71. The van der Waals surface area contributed by atoms with E-state index in [4.69, 9.17) is 0 Å². The minimum absolute atomic E-state index is 0.0403. The normalized spacial score (nSPS) is 16.0. The van der Waals surface area contributed by atoms with Gasteiger partial charge in [-0.05, 0) is 39.2 Å². The monoisotopic (exact) mass is 343 g/mol. The standard InChI is InChI=1S/C19H25N3OS/c1-14-12-24-17(22-14)18(2,3)21-11-16(23)20-13-19(9-10-19)15-7-5-4-6-8-15/h4-8,12,21H,9-11,13H2,1-3H3,(H,20,23). The molecular weight excluding hydrogens is 318 g/mol. The van der Waals surface area contributed by atoms with E-state index in [1.54, 1.807) is 11.3 Å². The number of aromatic nitrogens is 1. The molecule has 0 atom stereocenters. The van der Waals surface area contributed by atoms with E-state index in [1.807, 2.05) is 18.4 Å². The summed E-state index contributed by atoms with van der Waals surface area (Å²) in [5.74, 6) is 0.0403. The van der Waals surface area contributed by atoms with Gasteiger partial charge >= 0.3 is 0 Å². The van der Waals surface area contributed by atoms with Gasteiger partial charge in [0.15, 0.2) is 0 Å². The van der Waals surface area contributed by atoms with Crippen molar-refractivity contribution in [3.63, 3.8) is 0 Å². The summed E-state index contributed by atoms with van der Waals surface area (Å²) in [6.07, 6.45) is 2.29. The first-order valence-corrected chi connectivity index (χ1v) is 9.29. The van der Waals surface area contributed by atoms with Crippen molar-refractivity contribution >= 4 is 17.2 Å². The Kier molecular flexibility index (Phi) is 4.74. The number of amides is 1. The van der Waals surface area contributed by atoms with Crippen molar-refractivity contribution in [1.29, 1.82) is 0 Å². The molecule has 0 radical (unpaired) electrons. The lowest BCUT2D eigenvalue weighted by molar-refractivity contribution is -0.120. The average molecular weight is 343 g/mol. The number of hydrogen-bond donors (Lipinski definition) is 2. The highest BCUT2D eigenvalue weighted by atomic mass is 32.1. The lowest BCUT2D eigenvalue weighted by Crippen LogP contribution is -2.44. The third kappa shape index (κ3) is 3.84. The highest BCUT2D eigenvalue weighted by Gasteiger charge is 2.44. The van der Waals surface area contributed by atoms with Crippen LogP contribution in [0.4, 0.5) is 0 Å². The van der Waals surface area contributed by atoms with Crippen LogP contribution in [0.1, 0.15) is 43.0 Å². The van der Waals surface area contributed by atoms with Crippen LogP contribution in [0.3, 0.4) is 0 Å². The number of nitrogens with one attached hydrogen (secondary N) is 2. The predicted octanol–water partition coefficient (Wildman–Crippen LogP) is 3.12. The van der Waals surface area contributed by atoms with Gasteiger partial charge in [-0.3, -0.25) is 10.1 Å². The van der Waals surface area contributed by atoms with Gasteiger partial charge < -0.3 is 5.32 Å². The Bertz CT molecular complexity index is 704. The summed E-state index contributed by atoms with van der Waals surface area (Å²) in [4.78, 5) is 16.8. The number of rotatable bonds is 7. The van der Waals surface area contributed by atoms with Crippen LogP contribution in [0.25, 0.3) is 0 Å². The van der Waals surface area contributed by atoms with Crippen LogP contribution < -0.4 is 10.6 Å². The van der Waals surface area contributed by atoms with Crippen LogP contribution in [-0.2, 0) is 15.7 Å². The molecule has 0 unspecified atom stereocenters. The molecule has 5 heteroatoms. The Morgan fingerprint density at radius 2 is 2.00 bits per heavy atom. The Morgan fingerprint density at radius 1 is 1.29 bits per heavy atom. The van der Waals surface area contributed by atoms with E-state index < -0.39 is 0 Å². The average Bonchev–Trinajstić information content (AvgIpc) is 3.25. The van der Waals surface area contributed by atoms with E-state index in [1.165, 1.54) is 5.56 Å². The summed E-state index contributed by atoms with van der Waals surface area (Å²) in [6, 6.07) is 10.5. The van der Waals surface area contributed by atoms with Crippen molar-refractivity contribution in [3.8, 4) is 0 Å². The van der Waals surface area contributed by atoms with E-state index >= 15 is 0 Å². The van der Waals surface area contributed by atoms with Gasteiger partial charge in [0.05, 0.1) is 12.1 Å². The quantitative estimate of drug-likeness (QED) is 0.812. The van der Waals surface area contributed by atoms with E-state index in [-0.39, 0.29) is 16.9 Å². The number of benzene rings is 1. The first kappa shape index (κ1) is 17.1. The highest BCUT2D eigenvalue weighted by molar-refractivity contribution is 7.09. The number of aryl methyl sites for hydroxylation is 1. The fraction of sp³-hybridized carbons (Fsp3) is 0.474. The minimum atomic E-state index is -0.299. The Morgan fingerprint density at radius 3 is 2.58 bits per heavy atom. The third-order valence-corrected chi connectivity index (χ3v) is 5.99. The molecule has 1 fully saturated rings. The summed E-state index contributed by atoms with van der Waals surface area (Å²) in [5, 5.41) is 9.46. The van der Waals surface area contributed by atoms with Gasteiger partial charge in [-0.25, -0.2) is 4.98 Å². The van der Waals surface area contributed by atoms with Gasteiger partial charge in [-0.2, -0.15) is 0 Å². The fourth-order valence-electron chi connectivity index (χ4n) is 2.86. The molecule has 128 valence electrons. The van der Waals surface area contributed by atoms with Gasteiger partial charge in [0.25, 0.3) is 0 Å². The largest absolute Gasteiger partial charge is 0.354 e. The maximum atomic E-state index is 12.2. The van der Waals surface area contributed by atoms with Crippen molar-refractivity contribution in [2.45, 2.75) is 44.6 Å². The van der Waals surface area contributed by atoms with Crippen molar-refractivity contribution in [2.75, 3.05) is 13.1 Å². The molecule has 0 saturated heterocycles. The Hall–Kier alpha value is -1.72. The molecule has 1 amide bonds. The molecule has 1 aliphatic carbocycles. The molecule has 2 N–H and O–H groups in total. The SMILES string of the molecule is Cc1csc(C(C)(C)NCC(=O)NCC2(c3ccccc3)CC2)n1. The fourth-order valence-corrected chi connectivity index (χ4v) is 3.76. The molecule has 0 aliphatic heterocycles. The van der Waals surface area contributed by atoms with Crippen molar-refractivity contribution in [2.24, 2.45) is 0 Å². The molecule has 0 bridgehead atoms. The van der Waals surface area contributed by atoms with E-state index in [2.05, 4.69) is 53.7 Å². The molecule has 1 aromatic heterocycles. The summed E-state index contributed by atoms with van der Waals surface area (Å²) in [7, 11) is 0. The molecule has 3 rings (SSSR count). The van der Waals surface area contributed by atoms with Crippen LogP contribution in [-0.4, -0.2) is 24.0 Å². The van der Waals surface area contributed by atoms with E-state index in [0.717, 1.165) is 23.5 Å². The van der Waals surface area contributed by atoms with Crippen LogP contribution in [0.15, 0.2) is 35.7 Å². The molecule has 1 heterocycles. The second-order valence-electron chi connectivity index (χ2n) is 7.20. The van der Waals surface area contributed by atoms with Gasteiger partial charge in [-0.15, -0.1) is 11.3 Å². The van der Waals surface area contributed by atoms with Crippen molar-refractivity contribution < 1.29 is 4.79 Å². The summed E-state index contributed by atoms with van der Waals surface area (Å²) >= 11 is 1.63. The molecule has 1 saturated carbocycles. The zero-order chi connectivity index (χ0) is 17.2. The van der Waals surface area contributed by atoms with E-state index in [0.29, 0.717) is 13.1 Å². The van der Waals surface area contributed by atoms with Crippen LogP contribution in [0, 0.1) is 6.92 Å². The maximum absolute atomic E-state index is 12.2. The van der Waals surface area contributed by atoms with Crippen LogP contribution in [0.5, 0.6) is 0 Å². The summed E-state index contributed by atoms with van der Waals surface area (Å²) < 4.78 is 0. The summed E-state index contributed by atoms with van der Waals surface area (Å²) in [5.41, 5.74) is 2.20. The molecule has 1 aromatic carbocycles. The number of thiazole rings is 1. The Balaban J connectivity index is 1.50. The number of carbonyl (C=O) groups excluding carboxylic acids is 1. The highest BCUT2D eigenvalue weighted by Crippen LogP contribution is 2.47. The van der Waals surface area contributed by atoms with Gasteiger partial charge in [0.1, 0.15) is 5.01 Å². The van der Waals surface area contributed by atoms with Crippen LogP contribution >= 0.6 is 11.3 Å². The zero-order valence-electron chi connectivity index (χ0n) is 14.6.